The average molecular weight is 758 g/mol. The topological polar surface area (TPSA) is 23.8 Å². The maximum absolute atomic E-state index is 10.7. The zero-order chi connectivity index (χ0) is 39.7. The molecule has 0 spiro atoms. The molecule has 0 atom stereocenters. The van der Waals surface area contributed by atoms with Crippen LogP contribution >= 0.6 is 0 Å². The predicted molar refractivity (Wildman–Crippen MR) is 253 cm³/mol. The van der Waals surface area contributed by atoms with E-state index in [1.54, 1.807) is 0 Å². The first-order valence-electron chi connectivity index (χ1n) is 20.6. The third-order valence-corrected chi connectivity index (χ3v) is 12.6. The van der Waals surface area contributed by atoms with Crippen molar-refractivity contribution in [2.75, 3.05) is 0 Å². The van der Waals surface area contributed by atoms with Crippen LogP contribution in [0.1, 0.15) is 5.56 Å². The Balaban J connectivity index is 1.14. The molecule has 0 unspecified atom stereocenters. The lowest BCUT2D eigenvalue weighted by Gasteiger charge is -2.20. The first-order chi connectivity index (χ1) is 29.8. The van der Waals surface area contributed by atoms with E-state index in [4.69, 9.17) is 0 Å². The molecule has 1 heteroatoms. The number of rotatable bonds is 5. The fourth-order valence-electron chi connectivity index (χ4n) is 10.2. The quantitative estimate of drug-likeness (QED) is 0.160. The molecule has 1 aliphatic carbocycles. The Hall–Kier alpha value is -8.05. The maximum atomic E-state index is 10.7. The van der Waals surface area contributed by atoms with Crippen LogP contribution in [0.4, 0.5) is 0 Å². The van der Waals surface area contributed by atoms with E-state index in [1.165, 1.54) is 88.0 Å². The number of benzene rings is 11. The molecule has 11 aromatic carbocycles. The summed E-state index contributed by atoms with van der Waals surface area (Å²) in [4.78, 5) is 0. The standard InChI is InChI=1S/C59H35N/c60-36-41-32-31-40(35-52(41)56-48-27-14-10-23-44(48)53(37-17-4-1-5-18-37)45-24-11-15-28-49(45)56)42-33-34-51-57-43(42)29-16-30-50(57)58-54(38-19-6-2-7-20-38)46-25-12-13-26-47(46)55(59(51)58)39-21-8-3-9-22-39/h1-35H. The van der Waals surface area contributed by atoms with Crippen molar-refractivity contribution in [1.29, 1.82) is 5.26 Å². The van der Waals surface area contributed by atoms with Crippen LogP contribution in [0.3, 0.4) is 0 Å². The normalized spacial score (nSPS) is 11.7. The van der Waals surface area contributed by atoms with Gasteiger partial charge < -0.3 is 0 Å². The van der Waals surface area contributed by atoms with Crippen LogP contribution in [0.5, 0.6) is 0 Å². The highest BCUT2D eigenvalue weighted by atomic mass is 14.3. The van der Waals surface area contributed by atoms with Crippen LogP contribution in [0, 0.1) is 11.3 Å². The van der Waals surface area contributed by atoms with E-state index in [2.05, 4.69) is 212 Å². The van der Waals surface area contributed by atoms with E-state index in [9.17, 15) is 5.26 Å². The molecule has 0 aliphatic heterocycles. The number of fused-ring (bicyclic) bond motifs is 6. The molecule has 1 aliphatic rings. The molecule has 0 aromatic heterocycles. The summed E-state index contributed by atoms with van der Waals surface area (Å²) in [6.45, 7) is 0. The molecule has 0 amide bonds. The second-order valence-corrected chi connectivity index (χ2v) is 15.7. The Morgan fingerprint density at radius 1 is 0.250 bits per heavy atom. The highest BCUT2D eigenvalue weighted by molar-refractivity contribution is 6.29. The van der Waals surface area contributed by atoms with Crippen molar-refractivity contribution in [3.63, 3.8) is 0 Å². The molecule has 276 valence electrons. The second kappa shape index (κ2) is 13.5. The summed E-state index contributed by atoms with van der Waals surface area (Å²) < 4.78 is 0. The minimum atomic E-state index is 0.659. The molecule has 1 nitrogen and oxygen atoms in total. The van der Waals surface area contributed by atoms with Crippen LogP contribution in [0.25, 0.3) is 121 Å². The lowest BCUT2D eigenvalue weighted by atomic mass is 9.82. The van der Waals surface area contributed by atoms with Gasteiger partial charge in [-0.25, -0.2) is 0 Å². The summed E-state index contributed by atoms with van der Waals surface area (Å²) >= 11 is 0. The largest absolute Gasteiger partial charge is 0.192 e. The van der Waals surface area contributed by atoms with E-state index in [-0.39, 0.29) is 0 Å². The minimum Gasteiger partial charge on any atom is -0.192 e. The Bertz CT molecular complexity index is 3430. The molecule has 0 saturated carbocycles. The molecule has 0 saturated heterocycles. The van der Waals surface area contributed by atoms with Crippen LogP contribution < -0.4 is 0 Å². The Kier molecular flexibility index (Phi) is 7.67. The molecule has 12 rings (SSSR count). The van der Waals surface area contributed by atoms with Gasteiger partial charge in [-0.2, -0.15) is 5.26 Å². The van der Waals surface area contributed by atoms with Crippen molar-refractivity contribution < 1.29 is 0 Å². The smallest absolute Gasteiger partial charge is 0.0998 e. The zero-order valence-corrected chi connectivity index (χ0v) is 32.7. The van der Waals surface area contributed by atoms with Crippen LogP contribution in [0.2, 0.25) is 0 Å². The lowest BCUT2D eigenvalue weighted by molar-refractivity contribution is 1.48. The van der Waals surface area contributed by atoms with Gasteiger partial charge in [0.05, 0.1) is 11.6 Å². The third kappa shape index (κ3) is 4.98. The number of hydrogen-bond donors (Lipinski definition) is 0. The molecule has 60 heavy (non-hydrogen) atoms. The molecule has 0 radical (unpaired) electrons. The van der Waals surface area contributed by atoms with Gasteiger partial charge in [-0.15, -0.1) is 0 Å². The van der Waals surface area contributed by atoms with Crippen molar-refractivity contribution in [3.05, 3.63) is 218 Å². The summed E-state index contributed by atoms with van der Waals surface area (Å²) in [7, 11) is 0. The van der Waals surface area contributed by atoms with Crippen molar-refractivity contribution in [2.24, 2.45) is 0 Å². The van der Waals surface area contributed by atoms with Crippen molar-refractivity contribution >= 4 is 43.1 Å². The Morgan fingerprint density at radius 3 is 1.15 bits per heavy atom. The van der Waals surface area contributed by atoms with E-state index in [1.807, 2.05) is 6.07 Å². The fraction of sp³-hybridized carbons (Fsp3) is 0. The number of nitrogens with zero attached hydrogens (tertiary/aromatic N) is 1. The third-order valence-electron chi connectivity index (χ3n) is 12.6. The van der Waals surface area contributed by atoms with Gasteiger partial charge >= 0.3 is 0 Å². The van der Waals surface area contributed by atoms with Gasteiger partial charge in [-0.3, -0.25) is 0 Å². The van der Waals surface area contributed by atoms with Crippen molar-refractivity contribution in [2.45, 2.75) is 0 Å². The van der Waals surface area contributed by atoms with E-state index in [0.29, 0.717) is 5.56 Å². The summed E-state index contributed by atoms with van der Waals surface area (Å²) in [6, 6.07) is 79.2. The van der Waals surface area contributed by atoms with Gasteiger partial charge in [0.2, 0.25) is 0 Å². The SMILES string of the molecule is N#Cc1ccc(-c2ccc3c4c(cccc24)-c2c-3c(-c3ccccc3)c3ccccc3c2-c2ccccc2)cc1-c1c2ccccc2c(-c2ccccc2)c2ccccc12. The van der Waals surface area contributed by atoms with Gasteiger partial charge in [0.25, 0.3) is 0 Å². The van der Waals surface area contributed by atoms with Crippen LogP contribution in [0.15, 0.2) is 212 Å². The van der Waals surface area contributed by atoms with Gasteiger partial charge in [0, 0.05) is 5.56 Å². The van der Waals surface area contributed by atoms with Gasteiger partial charge in [-0.1, -0.05) is 200 Å². The number of nitriles is 1. The van der Waals surface area contributed by atoms with Gasteiger partial charge in [0.15, 0.2) is 0 Å². The molecule has 11 aromatic rings. The van der Waals surface area contributed by atoms with Crippen molar-refractivity contribution in [3.8, 4) is 84.0 Å². The summed E-state index contributed by atoms with van der Waals surface area (Å²) in [5.41, 5.74) is 17.4. The molecule has 0 bridgehead atoms. The maximum Gasteiger partial charge on any atom is 0.0998 e. The van der Waals surface area contributed by atoms with Crippen molar-refractivity contribution in [1.82, 2.24) is 0 Å². The van der Waals surface area contributed by atoms with Crippen LogP contribution in [-0.2, 0) is 0 Å². The second-order valence-electron chi connectivity index (χ2n) is 15.7. The fourth-order valence-corrected chi connectivity index (χ4v) is 10.2. The lowest BCUT2D eigenvalue weighted by Crippen LogP contribution is -1.94. The van der Waals surface area contributed by atoms with E-state index < -0.39 is 0 Å². The van der Waals surface area contributed by atoms with E-state index in [0.717, 1.165) is 33.0 Å². The predicted octanol–water partition coefficient (Wildman–Crippen LogP) is 16.2. The Labute approximate surface area is 348 Å². The van der Waals surface area contributed by atoms with Gasteiger partial charge in [0.1, 0.15) is 0 Å². The highest BCUT2D eigenvalue weighted by Crippen LogP contribution is 2.58. The Morgan fingerprint density at radius 2 is 0.650 bits per heavy atom. The molecule has 0 heterocycles. The van der Waals surface area contributed by atoms with E-state index >= 15 is 0 Å². The summed E-state index contributed by atoms with van der Waals surface area (Å²) in [5.74, 6) is 0. The molecular weight excluding hydrogens is 723 g/mol. The number of hydrogen-bond acceptors (Lipinski definition) is 1. The molecular formula is C59H35N. The monoisotopic (exact) mass is 757 g/mol. The molecule has 0 fully saturated rings. The van der Waals surface area contributed by atoms with Crippen LogP contribution in [-0.4, -0.2) is 0 Å². The average Bonchev–Trinajstić information content (AvgIpc) is 3.65. The highest BCUT2D eigenvalue weighted by Gasteiger charge is 2.31. The molecule has 0 N–H and O–H groups in total. The first-order valence-corrected chi connectivity index (χ1v) is 20.6. The summed E-state index contributed by atoms with van der Waals surface area (Å²) in [5, 5.41) is 20.3. The zero-order valence-electron chi connectivity index (χ0n) is 32.7. The minimum absolute atomic E-state index is 0.659. The first kappa shape index (κ1) is 34.0. The van der Waals surface area contributed by atoms with Gasteiger partial charge in [-0.05, 0) is 128 Å². The summed E-state index contributed by atoms with van der Waals surface area (Å²) in [6.07, 6.45) is 0.